The molecule has 94 valence electrons. The Morgan fingerprint density at radius 3 is 2.76 bits per heavy atom. The predicted molar refractivity (Wildman–Crippen MR) is 70.5 cm³/mol. The molecule has 17 heavy (non-hydrogen) atoms. The Morgan fingerprint density at radius 1 is 1.41 bits per heavy atom. The standard InChI is InChI=1S/C12H17BrN2O2/c1-17-11-3-2-10(13)9(12(11)16)8-15-6-4-14-5-7-15/h2-3,14,16H,4-8H2,1H3. The SMILES string of the molecule is COc1ccc(Br)c(CN2CCNCC2)c1O. The second kappa shape index (κ2) is 5.71. The molecule has 0 saturated carbocycles. The Hall–Kier alpha value is -0.780. The van der Waals surface area contributed by atoms with E-state index in [0.29, 0.717) is 5.75 Å². The molecule has 2 N–H and O–H groups in total. The molecule has 1 aliphatic rings. The number of benzene rings is 1. The van der Waals surface area contributed by atoms with Gasteiger partial charge < -0.3 is 15.2 Å². The molecule has 1 heterocycles. The lowest BCUT2D eigenvalue weighted by Gasteiger charge is -2.28. The van der Waals surface area contributed by atoms with Crippen molar-refractivity contribution in [2.24, 2.45) is 0 Å². The molecule has 1 aliphatic heterocycles. The summed E-state index contributed by atoms with van der Waals surface area (Å²) >= 11 is 3.48. The number of aromatic hydroxyl groups is 1. The third-order valence-corrected chi connectivity index (χ3v) is 3.74. The van der Waals surface area contributed by atoms with Crippen LogP contribution >= 0.6 is 15.9 Å². The van der Waals surface area contributed by atoms with Crippen LogP contribution < -0.4 is 10.1 Å². The Kier molecular flexibility index (Phi) is 4.25. The lowest BCUT2D eigenvalue weighted by atomic mass is 10.1. The van der Waals surface area contributed by atoms with Gasteiger partial charge in [0.1, 0.15) is 0 Å². The van der Waals surface area contributed by atoms with Crippen molar-refractivity contribution in [2.45, 2.75) is 6.54 Å². The van der Waals surface area contributed by atoms with Crippen LogP contribution in [0.5, 0.6) is 11.5 Å². The summed E-state index contributed by atoms with van der Waals surface area (Å²) in [5, 5.41) is 13.4. The van der Waals surface area contributed by atoms with E-state index in [2.05, 4.69) is 26.1 Å². The summed E-state index contributed by atoms with van der Waals surface area (Å²) in [6.45, 7) is 4.75. The van der Waals surface area contributed by atoms with Crippen LogP contribution in [0.15, 0.2) is 16.6 Å². The summed E-state index contributed by atoms with van der Waals surface area (Å²) in [5.74, 6) is 0.763. The highest BCUT2D eigenvalue weighted by molar-refractivity contribution is 9.10. The van der Waals surface area contributed by atoms with Gasteiger partial charge in [-0.1, -0.05) is 15.9 Å². The first-order valence-corrected chi connectivity index (χ1v) is 6.49. The number of halogens is 1. The summed E-state index contributed by atoms with van der Waals surface area (Å²) in [6.07, 6.45) is 0. The quantitative estimate of drug-likeness (QED) is 0.889. The van der Waals surface area contributed by atoms with E-state index >= 15 is 0 Å². The number of rotatable bonds is 3. The lowest BCUT2D eigenvalue weighted by molar-refractivity contribution is 0.229. The molecule has 1 aromatic rings. The van der Waals surface area contributed by atoms with E-state index in [1.165, 1.54) is 0 Å². The van der Waals surface area contributed by atoms with Gasteiger partial charge in [0, 0.05) is 42.8 Å². The van der Waals surface area contributed by atoms with Crippen LogP contribution in [0.4, 0.5) is 0 Å². The van der Waals surface area contributed by atoms with E-state index in [1.807, 2.05) is 6.07 Å². The molecule has 0 atom stereocenters. The molecular weight excluding hydrogens is 284 g/mol. The fraction of sp³-hybridized carbons (Fsp3) is 0.500. The van der Waals surface area contributed by atoms with Crippen molar-refractivity contribution in [2.75, 3.05) is 33.3 Å². The van der Waals surface area contributed by atoms with E-state index in [-0.39, 0.29) is 5.75 Å². The summed E-state index contributed by atoms with van der Waals surface area (Å²) in [4.78, 5) is 2.32. The molecule has 4 nitrogen and oxygen atoms in total. The monoisotopic (exact) mass is 300 g/mol. The number of nitrogens with one attached hydrogen (secondary N) is 1. The van der Waals surface area contributed by atoms with E-state index < -0.39 is 0 Å². The Bertz CT molecular complexity index is 392. The number of phenols is 1. The topological polar surface area (TPSA) is 44.7 Å². The van der Waals surface area contributed by atoms with Gasteiger partial charge in [-0.15, -0.1) is 0 Å². The number of hydrogen-bond donors (Lipinski definition) is 2. The van der Waals surface area contributed by atoms with Crippen molar-refractivity contribution >= 4 is 15.9 Å². The smallest absolute Gasteiger partial charge is 0.163 e. The molecule has 1 fully saturated rings. The minimum absolute atomic E-state index is 0.236. The minimum atomic E-state index is 0.236. The van der Waals surface area contributed by atoms with Gasteiger partial charge >= 0.3 is 0 Å². The number of nitrogens with zero attached hydrogens (tertiary/aromatic N) is 1. The third-order valence-electron chi connectivity index (χ3n) is 3.00. The molecule has 0 aromatic heterocycles. The Labute approximate surface area is 110 Å². The van der Waals surface area contributed by atoms with Crippen LogP contribution in [-0.2, 0) is 6.54 Å². The van der Waals surface area contributed by atoms with Gasteiger partial charge in [-0.3, -0.25) is 4.90 Å². The molecular formula is C12H17BrN2O2. The fourth-order valence-electron chi connectivity index (χ4n) is 2.00. The average Bonchev–Trinajstić information content (AvgIpc) is 2.36. The van der Waals surface area contributed by atoms with Crippen molar-refractivity contribution in [1.29, 1.82) is 0 Å². The maximum Gasteiger partial charge on any atom is 0.163 e. The van der Waals surface area contributed by atoms with Gasteiger partial charge in [0.25, 0.3) is 0 Å². The fourth-order valence-corrected chi connectivity index (χ4v) is 2.44. The zero-order valence-electron chi connectivity index (χ0n) is 9.87. The molecule has 0 aliphatic carbocycles. The zero-order chi connectivity index (χ0) is 12.3. The maximum atomic E-state index is 10.1. The first-order valence-electron chi connectivity index (χ1n) is 5.69. The predicted octanol–water partition coefficient (Wildman–Crippen LogP) is 1.57. The van der Waals surface area contributed by atoms with Crippen LogP contribution in [0.25, 0.3) is 0 Å². The first kappa shape index (κ1) is 12.7. The molecule has 0 unspecified atom stereocenters. The molecule has 0 amide bonds. The second-order valence-electron chi connectivity index (χ2n) is 4.10. The van der Waals surface area contributed by atoms with Crippen molar-refractivity contribution in [3.05, 3.63) is 22.2 Å². The van der Waals surface area contributed by atoms with E-state index in [1.54, 1.807) is 13.2 Å². The normalized spacial score (nSPS) is 17.1. The molecule has 0 radical (unpaired) electrons. The van der Waals surface area contributed by atoms with Gasteiger partial charge in [0.2, 0.25) is 0 Å². The molecule has 5 heteroatoms. The first-order chi connectivity index (χ1) is 8.22. The van der Waals surface area contributed by atoms with Gasteiger partial charge in [-0.2, -0.15) is 0 Å². The largest absolute Gasteiger partial charge is 0.504 e. The van der Waals surface area contributed by atoms with E-state index in [9.17, 15) is 5.11 Å². The highest BCUT2D eigenvalue weighted by Crippen LogP contribution is 2.35. The zero-order valence-corrected chi connectivity index (χ0v) is 11.5. The third kappa shape index (κ3) is 2.91. The van der Waals surface area contributed by atoms with Crippen LogP contribution in [-0.4, -0.2) is 43.3 Å². The molecule has 1 aromatic carbocycles. The Balaban J connectivity index is 2.18. The maximum absolute atomic E-state index is 10.1. The van der Waals surface area contributed by atoms with Crippen molar-refractivity contribution in [1.82, 2.24) is 10.2 Å². The lowest BCUT2D eigenvalue weighted by Crippen LogP contribution is -2.42. The number of hydrogen-bond acceptors (Lipinski definition) is 4. The van der Waals surface area contributed by atoms with Gasteiger partial charge in [0.15, 0.2) is 11.5 Å². The molecule has 0 spiro atoms. The average molecular weight is 301 g/mol. The summed E-state index contributed by atoms with van der Waals surface area (Å²) in [5.41, 5.74) is 0.895. The number of ether oxygens (including phenoxy) is 1. The highest BCUT2D eigenvalue weighted by Gasteiger charge is 2.16. The van der Waals surface area contributed by atoms with Crippen LogP contribution in [0.3, 0.4) is 0 Å². The van der Waals surface area contributed by atoms with Crippen LogP contribution in [0, 0.1) is 0 Å². The minimum Gasteiger partial charge on any atom is -0.504 e. The Morgan fingerprint density at radius 2 is 2.12 bits per heavy atom. The summed E-state index contributed by atoms with van der Waals surface area (Å²) in [6, 6.07) is 3.68. The van der Waals surface area contributed by atoms with Gasteiger partial charge in [-0.05, 0) is 12.1 Å². The van der Waals surface area contributed by atoms with Crippen LogP contribution in [0.2, 0.25) is 0 Å². The van der Waals surface area contributed by atoms with Gasteiger partial charge in [0.05, 0.1) is 7.11 Å². The second-order valence-corrected chi connectivity index (χ2v) is 4.96. The molecule has 0 bridgehead atoms. The highest BCUT2D eigenvalue weighted by atomic mass is 79.9. The molecule has 2 rings (SSSR count). The molecule has 1 saturated heterocycles. The van der Waals surface area contributed by atoms with Crippen LogP contribution in [0.1, 0.15) is 5.56 Å². The van der Waals surface area contributed by atoms with Crippen molar-refractivity contribution < 1.29 is 9.84 Å². The van der Waals surface area contributed by atoms with Crippen molar-refractivity contribution in [3.63, 3.8) is 0 Å². The number of methoxy groups -OCH3 is 1. The number of piperazine rings is 1. The van der Waals surface area contributed by atoms with Crippen molar-refractivity contribution in [3.8, 4) is 11.5 Å². The van der Waals surface area contributed by atoms with E-state index in [4.69, 9.17) is 4.74 Å². The van der Waals surface area contributed by atoms with E-state index in [0.717, 1.165) is 42.8 Å². The van der Waals surface area contributed by atoms with Gasteiger partial charge in [-0.25, -0.2) is 0 Å². The number of phenolic OH excluding ortho intramolecular Hbond substituents is 1. The summed E-state index contributed by atoms with van der Waals surface area (Å²) < 4.78 is 6.05. The summed E-state index contributed by atoms with van der Waals surface area (Å²) in [7, 11) is 1.57.